The fourth-order valence-electron chi connectivity index (χ4n) is 3.04. The molecule has 2 saturated heterocycles. The summed E-state index contributed by atoms with van der Waals surface area (Å²) in [4.78, 5) is 14.4. The Morgan fingerprint density at radius 2 is 2.05 bits per heavy atom. The highest BCUT2D eigenvalue weighted by Crippen LogP contribution is 2.25. The van der Waals surface area contributed by atoms with Gasteiger partial charge in [-0.25, -0.2) is 8.42 Å². The minimum Gasteiger partial charge on any atom is -0.452 e. The van der Waals surface area contributed by atoms with Crippen LogP contribution in [0.3, 0.4) is 0 Å². The number of carbonyl (C=O) groups is 1. The fourth-order valence-corrected chi connectivity index (χ4v) is 4.47. The van der Waals surface area contributed by atoms with Crippen LogP contribution >= 0.6 is 0 Å². The van der Waals surface area contributed by atoms with Gasteiger partial charge in [0, 0.05) is 39.3 Å². The van der Waals surface area contributed by atoms with Gasteiger partial charge in [-0.15, -0.1) is 0 Å². The Balaban J connectivity index is 1.70. The van der Waals surface area contributed by atoms with E-state index in [4.69, 9.17) is 4.42 Å². The summed E-state index contributed by atoms with van der Waals surface area (Å²) in [6, 6.07) is 3.00. The lowest BCUT2D eigenvalue weighted by Crippen LogP contribution is -2.51. The normalized spacial score (nSPS) is 24.4. The molecule has 1 aromatic rings. The lowest BCUT2D eigenvalue weighted by atomic mass is 9.98. The molecule has 0 spiro atoms. The Bertz CT molecular complexity index is 608. The molecular formula is C14H21N3O4S. The van der Waals surface area contributed by atoms with E-state index >= 15 is 0 Å². The van der Waals surface area contributed by atoms with Gasteiger partial charge < -0.3 is 14.6 Å². The van der Waals surface area contributed by atoms with Crippen LogP contribution in [-0.4, -0.2) is 62.8 Å². The molecule has 2 fully saturated rings. The van der Waals surface area contributed by atoms with Gasteiger partial charge in [0.1, 0.15) is 0 Å². The van der Waals surface area contributed by atoms with E-state index in [1.807, 2.05) is 4.90 Å². The highest BCUT2D eigenvalue weighted by atomic mass is 32.2. The smallest absolute Gasteiger partial charge is 0.276 e. The van der Waals surface area contributed by atoms with E-state index < -0.39 is 10.0 Å². The second-order valence-electron chi connectivity index (χ2n) is 5.71. The summed E-state index contributed by atoms with van der Waals surface area (Å²) >= 11 is 0. The van der Waals surface area contributed by atoms with Gasteiger partial charge in [-0.1, -0.05) is 0 Å². The van der Waals surface area contributed by atoms with E-state index in [2.05, 4.69) is 5.32 Å². The number of amides is 1. The Labute approximate surface area is 130 Å². The molecule has 1 aromatic heterocycles. The van der Waals surface area contributed by atoms with Gasteiger partial charge in [-0.05, 0) is 25.0 Å². The summed E-state index contributed by atoms with van der Waals surface area (Å²) in [6.45, 7) is 3.67. The molecule has 22 heavy (non-hydrogen) atoms. The van der Waals surface area contributed by atoms with Gasteiger partial charge in [0.2, 0.25) is 11.0 Å². The van der Waals surface area contributed by atoms with Crippen LogP contribution in [0.4, 0.5) is 0 Å². The summed E-state index contributed by atoms with van der Waals surface area (Å²) in [6.07, 6.45) is 2.79. The minimum atomic E-state index is -3.63. The van der Waals surface area contributed by atoms with E-state index in [-0.39, 0.29) is 23.5 Å². The predicted octanol–water partition coefficient (Wildman–Crippen LogP) is 0.112. The molecule has 7 nitrogen and oxygen atoms in total. The van der Waals surface area contributed by atoms with Crippen LogP contribution in [0.5, 0.6) is 0 Å². The average molecular weight is 327 g/mol. The molecule has 3 heterocycles. The number of carbonyl (C=O) groups excluding carboxylic acids is 1. The van der Waals surface area contributed by atoms with Gasteiger partial charge in [-0.3, -0.25) is 4.79 Å². The quantitative estimate of drug-likeness (QED) is 0.852. The minimum absolute atomic E-state index is 0.0530. The number of nitrogens with zero attached hydrogens (tertiary/aromatic N) is 2. The van der Waals surface area contributed by atoms with Crippen molar-refractivity contribution in [3.05, 3.63) is 18.4 Å². The number of furan rings is 1. The van der Waals surface area contributed by atoms with Crippen LogP contribution in [0, 0.1) is 5.92 Å². The van der Waals surface area contributed by atoms with Crippen molar-refractivity contribution in [1.29, 1.82) is 0 Å². The molecule has 0 aromatic carbocycles. The van der Waals surface area contributed by atoms with Crippen molar-refractivity contribution in [3.8, 4) is 0 Å². The first-order valence-electron chi connectivity index (χ1n) is 7.62. The highest BCUT2D eigenvalue weighted by Gasteiger charge is 2.36. The zero-order valence-corrected chi connectivity index (χ0v) is 13.2. The largest absolute Gasteiger partial charge is 0.452 e. The van der Waals surface area contributed by atoms with E-state index in [0.717, 1.165) is 19.5 Å². The topological polar surface area (TPSA) is 82.9 Å². The number of nitrogens with one attached hydrogen (secondary N) is 1. The van der Waals surface area contributed by atoms with Gasteiger partial charge in [0.15, 0.2) is 0 Å². The molecule has 1 amide bonds. The van der Waals surface area contributed by atoms with Crippen molar-refractivity contribution in [3.63, 3.8) is 0 Å². The van der Waals surface area contributed by atoms with E-state index in [1.165, 1.54) is 16.6 Å². The molecule has 1 N–H and O–H groups in total. The van der Waals surface area contributed by atoms with Gasteiger partial charge >= 0.3 is 0 Å². The van der Waals surface area contributed by atoms with Crippen LogP contribution in [0.25, 0.3) is 0 Å². The van der Waals surface area contributed by atoms with Gasteiger partial charge in [0.05, 0.1) is 12.2 Å². The molecule has 1 atom stereocenters. The first-order valence-corrected chi connectivity index (χ1v) is 9.06. The zero-order valence-electron chi connectivity index (χ0n) is 12.4. The molecule has 122 valence electrons. The Kier molecular flexibility index (Phi) is 4.51. The summed E-state index contributed by atoms with van der Waals surface area (Å²) in [5.41, 5.74) is 0. The van der Waals surface area contributed by atoms with Crippen molar-refractivity contribution < 1.29 is 17.6 Å². The molecule has 0 saturated carbocycles. The molecular weight excluding hydrogens is 306 g/mol. The predicted molar refractivity (Wildman–Crippen MR) is 79.6 cm³/mol. The zero-order chi connectivity index (χ0) is 15.6. The first kappa shape index (κ1) is 15.5. The molecule has 1 unspecified atom stereocenters. The third-order valence-corrected chi connectivity index (χ3v) is 6.00. The SMILES string of the molecule is O=C(C1CCCN(S(=O)(=O)c2ccco2)C1)N1CCNCC1. The van der Waals surface area contributed by atoms with E-state index in [9.17, 15) is 13.2 Å². The number of rotatable bonds is 3. The number of sulfonamides is 1. The van der Waals surface area contributed by atoms with Crippen LogP contribution < -0.4 is 5.32 Å². The molecule has 0 aliphatic carbocycles. The van der Waals surface area contributed by atoms with Crippen LogP contribution in [0.15, 0.2) is 27.9 Å². The molecule has 3 rings (SSSR count). The van der Waals surface area contributed by atoms with Crippen molar-refractivity contribution in [2.75, 3.05) is 39.3 Å². The van der Waals surface area contributed by atoms with Crippen molar-refractivity contribution in [1.82, 2.24) is 14.5 Å². The van der Waals surface area contributed by atoms with Gasteiger partial charge in [-0.2, -0.15) is 4.31 Å². The monoisotopic (exact) mass is 327 g/mol. The second kappa shape index (κ2) is 6.39. The second-order valence-corrected chi connectivity index (χ2v) is 7.58. The Morgan fingerprint density at radius 3 is 2.73 bits per heavy atom. The average Bonchev–Trinajstić information content (AvgIpc) is 3.10. The summed E-state index contributed by atoms with van der Waals surface area (Å²) < 4.78 is 31.4. The van der Waals surface area contributed by atoms with Gasteiger partial charge in [0.25, 0.3) is 10.0 Å². The number of piperazine rings is 1. The number of hydrogen-bond acceptors (Lipinski definition) is 5. The third-order valence-electron chi connectivity index (χ3n) is 4.25. The maximum Gasteiger partial charge on any atom is 0.276 e. The van der Waals surface area contributed by atoms with Crippen LogP contribution in [0.1, 0.15) is 12.8 Å². The summed E-state index contributed by atoms with van der Waals surface area (Å²) in [5.74, 6) is -0.183. The number of piperidine rings is 1. The summed E-state index contributed by atoms with van der Waals surface area (Å²) in [7, 11) is -3.63. The Morgan fingerprint density at radius 1 is 1.27 bits per heavy atom. The van der Waals surface area contributed by atoms with Crippen molar-refractivity contribution in [2.24, 2.45) is 5.92 Å². The maximum absolute atomic E-state index is 12.6. The molecule has 2 aliphatic heterocycles. The summed E-state index contributed by atoms with van der Waals surface area (Å²) in [5, 5.41) is 3.16. The first-order chi connectivity index (χ1) is 10.6. The van der Waals surface area contributed by atoms with Crippen LogP contribution in [0.2, 0.25) is 0 Å². The third kappa shape index (κ3) is 3.04. The fraction of sp³-hybridized carbons (Fsp3) is 0.643. The molecule has 0 radical (unpaired) electrons. The van der Waals surface area contributed by atoms with Crippen LogP contribution in [-0.2, 0) is 14.8 Å². The molecule has 0 bridgehead atoms. The molecule has 2 aliphatic rings. The maximum atomic E-state index is 12.6. The molecule has 8 heteroatoms. The van der Waals surface area contributed by atoms with E-state index in [1.54, 1.807) is 6.07 Å². The lowest BCUT2D eigenvalue weighted by Gasteiger charge is -2.35. The van der Waals surface area contributed by atoms with E-state index in [0.29, 0.717) is 26.1 Å². The highest BCUT2D eigenvalue weighted by molar-refractivity contribution is 7.89. The standard InChI is InChI=1S/C14H21N3O4S/c18-14(16-8-5-15-6-9-16)12-3-1-7-17(11-12)22(19,20)13-4-2-10-21-13/h2,4,10,12,15H,1,3,5-9,11H2. The number of hydrogen-bond donors (Lipinski definition) is 1. The van der Waals surface area contributed by atoms with Crippen molar-refractivity contribution >= 4 is 15.9 Å². The lowest BCUT2D eigenvalue weighted by molar-refractivity contribution is -0.137. The Hall–Kier alpha value is -1.38. The van der Waals surface area contributed by atoms with Crippen molar-refractivity contribution in [2.45, 2.75) is 17.9 Å².